The first-order chi connectivity index (χ1) is 10.3. The first-order valence-electron chi connectivity index (χ1n) is 6.66. The second-order valence-corrected chi connectivity index (χ2v) is 5.55. The molecule has 1 aliphatic rings. The Balaban J connectivity index is 1.41. The van der Waals surface area contributed by atoms with E-state index in [1.807, 2.05) is 30.3 Å². The summed E-state index contributed by atoms with van der Waals surface area (Å²) < 4.78 is 17.1. The minimum Gasteiger partial charge on any atom is -0.618 e. The van der Waals surface area contributed by atoms with Crippen LogP contribution in [-0.2, 0) is 0 Å². The quantitative estimate of drug-likeness (QED) is 0.355. The molecule has 1 aromatic heterocycles. The SMILES string of the molecule is [O-][n+]1ccccc1SCCCOc1ccc2c(c1)OCO2. The van der Waals surface area contributed by atoms with Crippen LogP contribution in [0.5, 0.6) is 17.2 Å². The largest absolute Gasteiger partial charge is 0.618 e. The van der Waals surface area contributed by atoms with E-state index < -0.39 is 0 Å². The van der Waals surface area contributed by atoms with Gasteiger partial charge in [-0.15, -0.1) is 0 Å². The molecule has 1 aromatic carbocycles. The second-order valence-electron chi connectivity index (χ2n) is 4.43. The average molecular weight is 305 g/mol. The molecule has 2 heterocycles. The fourth-order valence-electron chi connectivity index (χ4n) is 1.92. The van der Waals surface area contributed by atoms with Gasteiger partial charge < -0.3 is 19.4 Å². The van der Waals surface area contributed by atoms with E-state index in [9.17, 15) is 5.21 Å². The summed E-state index contributed by atoms with van der Waals surface area (Å²) in [4.78, 5) is 0. The maximum Gasteiger partial charge on any atom is 0.251 e. The highest BCUT2D eigenvalue weighted by atomic mass is 32.2. The highest BCUT2D eigenvalue weighted by Crippen LogP contribution is 2.35. The highest BCUT2D eigenvalue weighted by molar-refractivity contribution is 7.99. The third-order valence-electron chi connectivity index (χ3n) is 2.94. The summed E-state index contributed by atoms with van der Waals surface area (Å²) in [6.07, 6.45) is 2.36. The summed E-state index contributed by atoms with van der Waals surface area (Å²) in [5, 5.41) is 12.2. The van der Waals surface area contributed by atoms with Gasteiger partial charge in [0.15, 0.2) is 17.7 Å². The van der Waals surface area contributed by atoms with E-state index in [2.05, 4.69) is 0 Å². The number of thioether (sulfide) groups is 1. The molecule has 2 aromatic rings. The Morgan fingerprint density at radius 1 is 1.19 bits per heavy atom. The van der Waals surface area contributed by atoms with Gasteiger partial charge in [-0.3, -0.25) is 0 Å². The van der Waals surface area contributed by atoms with Crippen LogP contribution in [0.25, 0.3) is 0 Å². The molecular weight excluding hydrogens is 290 g/mol. The fourth-order valence-corrected chi connectivity index (χ4v) is 2.75. The zero-order chi connectivity index (χ0) is 14.5. The topological polar surface area (TPSA) is 54.6 Å². The van der Waals surface area contributed by atoms with Gasteiger partial charge in [0, 0.05) is 24.0 Å². The minimum atomic E-state index is 0.266. The molecule has 0 saturated carbocycles. The predicted molar refractivity (Wildman–Crippen MR) is 78.8 cm³/mol. The molecule has 110 valence electrons. The molecule has 0 unspecified atom stereocenters. The van der Waals surface area contributed by atoms with Crippen molar-refractivity contribution in [3.8, 4) is 17.2 Å². The van der Waals surface area contributed by atoms with Crippen molar-refractivity contribution >= 4 is 11.8 Å². The maximum absolute atomic E-state index is 11.5. The highest BCUT2D eigenvalue weighted by Gasteiger charge is 2.13. The van der Waals surface area contributed by atoms with Crippen LogP contribution in [0.4, 0.5) is 0 Å². The molecule has 1 aliphatic heterocycles. The second kappa shape index (κ2) is 6.58. The van der Waals surface area contributed by atoms with Crippen molar-refractivity contribution in [2.24, 2.45) is 0 Å². The van der Waals surface area contributed by atoms with Crippen LogP contribution < -0.4 is 18.9 Å². The molecule has 6 heteroatoms. The van der Waals surface area contributed by atoms with Crippen molar-refractivity contribution in [1.29, 1.82) is 0 Å². The van der Waals surface area contributed by atoms with Gasteiger partial charge in [-0.25, -0.2) is 0 Å². The average Bonchev–Trinajstić information content (AvgIpc) is 2.96. The smallest absolute Gasteiger partial charge is 0.251 e. The molecule has 0 spiro atoms. The predicted octanol–water partition coefficient (Wildman–Crippen LogP) is 2.61. The minimum absolute atomic E-state index is 0.266. The van der Waals surface area contributed by atoms with Crippen molar-refractivity contribution in [3.63, 3.8) is 0 Å². The van der Waals surface area contributed by atoms with E-state index >= 15 is 0 Å². The van der Waals surface area contributed by atoms with Gasteiger partial charge >= 0.3 is 0 Å². The molecule has 5 nitrogen and oxygen atoms in total. The lowest BCUT2D eigenvalue weighted by atomic mass is 10.3. The van der Waals surface area contributed by atoms with Gasteiger partial charge in [-0.1, -0.05) is 11.8 Å². The normalized spacial score (nSPS) is 12.4. The molecule has 3 rings (SSSR count). The number of nitrogens with zero attached hydrogens (tertiary/aromatic N) is 1. The fraction of sp³-hybridized carbons (Fsp3) is 0.267. The van der Waals surface area contributed by atoms with Gasteiger partial charge in [-0.2, -0.15) is 4.73 Å². The number of benzene rings is 1. The third kappa shape index (κ3) is 3.52. The number of hydrogen-bond acceptors (Lipinski definition) is 5. The van der Waals surface area contributed by atoms with Crippen molar-refractivity contribution < 1.29 is 18.9 Å². The number of fused-ring (bicyclic) bond motifs is 1. The maximum atomic E-state index is 11.5. The van der Waals surface area contributed by atoms with Gasteiger partial charge in [0.25, 0.3) is 5.03 Å². The molecule has 0 atom stereocenters. The van der Waals surface area contributed by atoms with Crippen LogP contribution in [0, 0.1) is 5.21 Å². The summed E-state index contributed by atoms with van der Waals surface area (Å²) in [5.41, 5.74) is 0. The Bertz CT molecular complexity index is 620. The number of pyridine rings is 1. The van der Waals surface area contributed by atoms with Crippen LogP contribution >= 0.6 is 11.8 Å². The lowest BCUT2D eigenvalue weighted by Gasteiger charge is -2.07. The third-order valence-corrected chi connectivity index (χ3v) is 4.04. The molecule has 0 saturated heterocycles. The first-order valence-corrected chi connectivity index (χ1v) is 7.65. The molecule has 0 bridgehead atoms. The molecule has 21 heavy (non-hydrogen) atoms. The van der Waals surface area contributed by atoms with E-state index in [1.54, 1.807) is 6.07 Å². The lowest BCUT2D eigenvalue weighted by Crippen LogP contribution is -2.27. The monoisotopic (exact) mass is 305 g/mol. The molecule has 0 fully saturated rings. The summed E-state index contributed by atoms with van der Waals surface area (Å²) in [6, 6.07) is 10.9. The number of rotatable bonds is 6. The zero-order valence-electron chi connectivity index (χ0n) is 11.4. The summed E-state index contributed by atoms with van der Waals surface area (Å²) in [5.74, 6) is 3.07. The zero-order valence-corrected chi connectivity index (χ0v) is 12.2. The van der Waals surface area contributed by atoms with Gasteiger partial charge in [0.2, 0.25) is 6.79 Å². The van der Waals surface area contributed by atoms with Gasteiger partial charge in [0.05, 0.1) is 6.61 Å². The Morgan fingerprint density at radius 3 is 3.00 bits per heavy atom. The standard InChI is InChI=1S/C15H15NO4S/c17-16-7-2-1-4-15(16)21-9-3-8-18-12-5-6-13-14(10-12)20-11-19-13/h1-2,4-7,10H,3,8-9,11H2. The van der Waals surface area contributed by atoms with Crippen molar-refractivity contribution in [2.75, 3.05) is 19.2 Å². The Morgan fingerprint density at radius 2 is 2.10 bits per heavy atom. The van der Waals surface area contributed by atoms with Crippen LogP contribution in [0.2, 0.25) is 0 Å². The summed E-state index contributed by atoms with van der Waals surface area (Å²) in [7, 11) is 0. The molecule has 0 radical (unpaired) electrons. The van der Waals surface area contributed by atoms with Crippen LogP contribution in [0.3, 0.4) is 0 Å². The molecular formula is C15H15NO4S. The molecule has 0 aliphatic carbocycles. The van der Waals surface area contributed by atoms with E-state index in [1.165, 1.54) is 18.0 Å². The molecule has 0 N–H and O–H groups in total. The van der Waals surface area contributed by atoms with Crippen molar-refractivity contribution in [2.45, 2.75) is 11.4 Å². The lowest BCUT2D eigenvalue weighted by molar-refractivity contribution is -0.645. The van der Waals surface area contributed by atoms with Crippen LogP contribution in [-0.4, -0.2) is 19.2 Å². The van der Waals surface area contributed by atoms with E-state index in [4.69, 9.17) is 14.2 Å². The van der Waals surface area contributed by atoms with Crippen LogP contribution in [0.15, 0.2) is 47.6 Å². The Hall–Kier alpha value is -2.08. The first kappa shape index (κ1) is 13.9. The molecule has 0 amide bonds. The van der Waals surface area contributed by atoms with Gasteiger partial charge in [0.1, 0.15) is 5.75 Å². The number of aromatic nitrogens is 1. The summed E-state index contributed by atoms with van der Waals surface area (Å²) >= 11 is 1.53. The number of hydrogen-bond donors (Lipinski definition) is 0. The van der Waals surface area contributed by atoms with Crippen molar-refractivity contribution in [1.82, 2.24) is 0 Å². The summed E-state index contributed by atoms with van der Waals surface area (Å²) in [6.45, 7) is 0.861. The Kier molecular flexibility index (Phi) is 4.35. The number of ether oxygens (including phenoxy) is 3. The van der Waals surface area contributed by atoms with E-state index in [0.29, 0.717) is 11.6 Å². The van der Waals surface area contributed by atoms with E-state index in [0.717, 1.165) is 34.2 Å². The van der Waals surface area contributed by atoms with Crippen LogP contribution in [0.1, 0.15) is 6.42 Å². The van der Waals surface area contributed by atoms with E-state index in [-0.39, 0.29) is 6.79 Å². The van der Waals surface area contributed by atoms with Crippen molar-refractivity contribution in [3.05, 3.63) is 47.8 Å². The Labute approximate surface area is 127 Å². The van der Waals surface area contributed by atoms with Gasteiger partial charge in [-0.05, 0) is 24.6 Å².